The van der Waals surface area contributed by atoms with Crippen molar-refractivity contribution in [2.24, 2.45) is 5.41 Å². The summed E-state index contributed by atoms with van der Waals surface area (Å²) in [7, 11) is 3.40. The van der Waals surface area contributed by atoms with Gasteiger partial charge >= 0.3 is 5.97 Å². The smallest absolute Gasteiger partial charge is 0.313 e. The number of carbonyl (C=O) groups is 1. The summed E-state index contributed by atoms with van der Waals surface area (Å²) in [5.74, 6) is -0.0867. The Kier molecular flexibility index (Phi) is 3.95. The Labute approximate surface area is 115 Å². The molecule has 1 aliphatic carbocycles. The van der Waals surface area contributed by atoms with Crippen molar-refractivity contribution in [1.29, 1.82) is 0 Å². The second-order valence-corrected chi connectivity index (χ2v) is 5.57. The van der Waals surface area contributed by atoms with Gasteiger partial charge in [-0.25, -0.2) is 0 Å². The summed E-state index contributed by atoms with van der Waals surface area (Å²) in [6.45, 7) is 4.21. The lowest BCUT2D eigenvalue weighted by atomic mass is 9.62. The van der Waals surface area contributed by atoms with Crippen LogP contribution in [-0.4, -0.2) is 20.1 Å². The molecule has 0 heterocycles. The fourth-order valence-corrected chi connectivity index (χ4v) is 3.08. The van der Waals surface area contributed by atoms with Gasteiger partial charge in [0, 0.05) is 6.04 Å². The van der Waals surface area contributed by atoms with Gasteiger partial charge in [0.1, 0.15) is 0 Å². The lowest BCUT2D eigenvalue weighted by Gasteiger charge is -2.45. The second-order valence-electron chi connectivity index (χ2n) is 5.57. The van der Waals surface area contributed by atoms with E-state index in [2.05, 4.69) is 37.4 Å². The third-order valence-corrected chi connectivity index (χ3v) is 4.54. The predicted molar refractivity (Wildman–Crippen MR) is 76.0 cm³/mol. The molecule has 1 aliphatic rings. The molecule has 3 heteroatoms. The molecule has 0 amide bonds. The van der Waals surface area contributed by atoms with Crippen molar-refractivity contribution in [2.45, 2.75) is 39.2 Å². The normalized spacial score (nSPS) is 18.5. The van der Waals surface area contributed by atoms with E-state index in [9.17, 15) is 4.79 Å². The Morgan fingerprint density at radius 3 is 2.42 bits per heavy atom. The highest BCUT2D eigenvalue weighted by atomic mass is 16.5. The van der Waals surface area contributed by atoms with Gasteiger partial charge in [0.2, 0.25) is 0 Å². The summed E-state index contributed by atoms with van der Waals surface area (Å²) in [6, 6.07) is 6.46. The molecule has 1 fully saturated rings. The van der Waals surface area contributed by atoms with Crippen LogP contribution in [0.25, 0.3) is 0 Å². The molecule has 104 valence electrons. The van der Waals surface area contributed by atoms with Crippen LogP contribution in [-0.2, 0) is 9.53 Å². The molecule has 0 saturated heterocycles. The molecular formula is C16H23NO2. The number of ether oxygens (including phenoxy) is 1. The first-order valence-corrected chi connectivity index (χ1v) is 6.88. The maximum Gasteiger partial charge on any atom is 0.313 e. The molecule has 1 saturated carbocycles. The van der Waals surface area contributed by atoms with Gasteiger partial charge in [-0.2, -0.15) is 0 Å². The predicted octanol–water partition coefficient (Wildman–Crippen LogP) is 2.91. The monoisotopic (exact) mass is 261 g/mol. The van der Waals surface area contributed by atoms with Crippen LogP contribution in [0, 0.1) is 19.3 Å². The van der Waals surface area contributed by atoms with Gasteiger partial charge in [-0.1, -0.05) is 24.6 Å². The van der Waals surface area contributed by atoms with E-state index in [0.717, 1.165) is 19.3 Å². The van der Waals surface area contributed by atoms with Crippen molar-refractivity contribution in [1.82, 2.24) is 5.32 Å². The molecule has 2 rings (SSSR count). The Morgan fingerprint density at radius 1 is 1.32 bits per heavy atom. The first-order chi connectivity index (χ1) is 9.05. The topological polar surface area (TPSA) is 38.3 Å². The van der Waals surface area contributed by atoms with Gasteiger partial charge in [-0.15, -0.1) is 0 Å². The molecule has 1 aromatic carbocycles. The van der Waals surface area contributed by atoms with Crippen LogP contribution in [0.5, 0.6) is 0 Å². The van der Waals surface area contributed by atoms with E-state index in [-0.39, 0.29) is 17.4 Å². The standard InChI is InChI=1S/C16H23NO2/c1-11-6-7-13(10-12(11)2)14(17-3)16(8-5-9-16)15(18)19-4/h6-7,10,14,17H,5,8-9H2,1-4H3. The average Bonchev–Trinajstić information content (AvgIpc) is 2.36. The van der Waals surface area contributed by atoms with Crippen molar-refractivity contribution in [3.05, 3.63) is 34.9 Å². The van der Waals surface area contributed by atoms with Crippen LogP contribution < -0.4 is 5.32 Å². The van der Waals surface area contributed by atoms with Gasteiger partial charge in [0.15, 0.2) is 0 Å². The van der Waals surface area contributed by atoms with Crippen molar-refractivity contribution < 1.29 is 9.53 Å². The number of aryl methyl sites for hydroxylation is 2. The number of benzene rings is 1. The van der Waals surface area contributed by atoms with Crippen LogP contribution in [0.3, 0.4) is 0 Å². The molecule has 1 aromatic rings. The molecule has 0 bridgehead atoms. The number of methoxy groups -OCH3 is 1. The highest BCUT2D eigenvalue weighted by Crippen LogP contribution is 2.51. The zero-order valence-corrected chi connectivity index (χ0v) is 12.2. The lowest BCUT2D eigenvalue weighted by Crippen LogP contribution is -2.48. The molecule has 19 heavy (non-hydrogen) atoms. The lowest BCUT2D eigenvalue weighted by molar-refractivity contribution is -0.161. The third-order valence-electron chi connectivity index (χ3n) is 4.54. The van der Waals surface area contributed by atoms with Crippen molar-refractivity contribution in [3.63, 3.8) is 0 Å². The number of rotatable bonds is 4. The van der Waals surface area contributed by atoms with Gasteiger partial charge in [0.25, 0.3) is 0 Å². The minimum atomic E-state index is -0.384. The SMILES string of the molecule is CNC(c1ccc(C)c(C)c1)C1(C(=O)OC)CCC1. The second kappa shape index (κ2) is 5.33. The summed E-state index contributed by atoms with van der Waals surface area (Å²) >= 11 is 0. The van der Waals surface area contributed by atoms with Crippen LogP contribution in [0.1, 0.15) is 42.0 Å². The van der Waals surface area contributed by atoms with E-state index in [4.69, 9.17) is 4.74 Å². The fraction of sp³-hybridized carbons (Fsp3) is 0.562. The first-order valence-electron chi connectivity index (χ1n) is 6.88. The van der Waals surface area contributed by atoms with Crippen molar-refractivity contribution in [3.8, 4) is 0 Å². The first kappa shape index (κ1) is 14.1. The molecule has 0 aromatic heterocycles. The maximum atomic E-state index is 12.2. The fourth-order valence-electron chi connectivity index (χ4n) is 3.08. The van der Waals surface area contributed by atoms with E-state index in [1.807, 2.05) is 7.05 Å². The highest BCUT2D eigenvalue weighted by Gasteiger charge is 2.51. The molecular weight excluding hydrogens is 238 g/mol. The van der Waals surface area contributed by atoms with Gasteiger partial charge < -0.3 is 10.1 Å². The van der Waals surface area contributed by atoms with E-state index >= 15 is 0 Å². The van der Waals surface area contributed by atoms with E-state index in [0.29, 0.717) is 0 Å². The van der Waals surface area contributed by atoms with E-state index < -0.39 is 0 Å². The molecule has 3 nitrogen and oxygen atoms in total. The summed E-state index contributed by atoms with van der Waals surface area (Å²) in [6.07, 6.45) is 2.90. The molecule has 0 radical (unpaired) electrons. The number of hydrogen-bond acceptors (Lipinski definition) is 3. The summed E-state index contributed by atoms with van der Waals surface area (Å²) < 4.78 is 5.04. The minimum absolute atomic E-state index is 0.0352. The number of hydrogen-bond donors (Lipinski definition) is 1. The summed E-state index contributed by atoms with van der Waals surface area (Å²) in [4.78, 5) is 12.2. The Morgan fingerprint density at radius 2 is 2.00 bits per heavy atom. The quantitative estimate of drug-likeness (QED) is 0.847. The molecule has 1 atom stereocenters. The van der Waals surface area contributed by atoms with Gasteiger partial charge in [0.05, 0.1) is 12.5 Å². The molecule has 1 unspecified atom stereocenters. The zero-order valence-electron chi connectivity index (χ0n) is 12.2. The van der Waals surface area contributed by atoms with Crippen LogP contribution >= 0.6 is 0 Å². The van der Waals surface area contributed by atoms with Gasteiger partial charge in [-0.3, -0.25) is 4.79 Å². The average molecular weight is 261 g/mol. The maximum absolute atomic E-state index is 12.2. The summed E-state index contributed by atoms with van der Waals surface area (Å²) in [5, 5.41) is 3.32. The van der Waals surface area contributed by atoms with Crippen LogP contribution in [0.2, 0.25) is 0 Å². The number of esters is 1. The van der Waals surface area contributed by atoms with Crippen molar-refractivity contribution in [2.75, 3.05) is 14.2 Å². The highest BCUT2D eigenvalue weighted by molar-refractivity contribution is 5.79. The largest absolute Gasteiger partial charge is 0.469 e. The minimum Gasteiger partial charge on any atom is -0.469 e. The molecule has 0 spiro atoms. The van der Waals surface area contributed by atoms with Crippen LogP contribution in [0.4, 0.5) is 0 Å². The third kappa shape index (κ3) is 2.27. The van der Waals surface area contributed by atoms with Gasteiger partial charge in [-0.05, 0) is 50.4 Å². The van der Waals surface area contributed by atoms with E-state index in [1.165, 1.54) is 23.8 Å². The van der Waals surface area contributed by atoms with E-state index in [1.54, 1.807) is 0 Å². The Bertz CT molecular complexity index is 478. The number of nitrogens with one attached hydrogen (secondary N) is 1. The number of carbonyl (C=O) groups excluding carboxylic acids is 1. The van der Waals surface area contributed by atoms with Crippen molar-refractivity contribution >= 4 is 5.97 Å². The van der Waals surface area contributed by atoms with Crippen LogP contribution in [0.15, 0.2) is 18.2 Å². The molecule has 1 N–H and O–H groups in total. The summed E-state index contributed by atoms with van der Waals surface area (Å²) in [5.41, 5.74) is 3.33. The zero-order chi connectivity index (χ0) is 14.0. The Hall–Kier alpha value is -1.35. The Balaban J connectivity index is 2.38. The molecule has 0 aliphatic heterocycles.